The van der Waals surface area contributed by atoms with E-state index in [0.29, 0.717) is 11.5 Å². The second-order valence-corrected chi connectivity index (χ2v) is 4.47. The molecule has 1 saturated heterocycles. The molecule has 0 amide bonds. The Bertz CT molecular complexity index is 365. The molecule has 0 spiro atoms. The van der Waals surface area contributed by atoms with Crippen LogP contribution in [-0.2, 0) is 0 Å². The lowest BCUT2D eigenvalue weighted by atomic mass is 9.87. The summed E-state index contributed by atoms with van der Waals surface area (Å²) < 4.78 is 26.4. The summed E-state index contributed by atoms with van der Waals surface area (Å²) in [6.07, 6.45) is 3.22. The Labute approximate surface area is 94.9 Å². The van der Waals surface area contributed by atoms with Gasteiger partial charge < -0.3 is 5.32 Å². The number of hydrogen-bond acceptors (Lipinski definition) is 1. The molecule has 0 saturated carbocycles. The highest BCUT2D eigenvalue weighted by Crippen LogP contribution is 2.30. The normalized spacial score (nSPS) is 25.7. The molecule has 0 radical (unpaired) electrons. The van der Waals surface area contributed by atoms with Crippen LogP contribution in [-0.4, -0.2) is 6.54 Å². The Morgan fingerprint density at radius 2 is 2.19 bits per heavy atom. The first kappa shape index (κ1) is 11.5. The molecule has 1 heterocycles. The van der Waals surface area contributed by atoms with E-state index in [2.05, 4.69) is 12.2 Å². The van der Waals surface area contributed by atoms with Crippen LogP contribution in [0.25, 0.3) is 0 Å². The summed E-state index contributed by atoms with van der Waals surface area (Å²) >= 11 is 0. The van der Waals surface area contributed by atoms with Crippen molar-refractivity contribution in [2.75, 3.05) is 6.54 Å². The van der Waals surface area contributed by atoms with Crippen molar-refractivity contribution >= 4 is 0 Å². The minimum atomic E-state index is -0.510. The van der Waals surface area contributed by atoms with Crippen molar-refractivity contribution in [2.24, 2.45) is 5.92 Å². The third-order valence-electron chi connectivity index (χ3n) is 3.43. The van der Waals surface area contributed by atoms with Crippen LogP contribution in [0.3, 0.4) is 0 Å². The first-order valence-electron chi connectivity index (χ1n) is 5.89. The standard InChI is InChI=1S/C13H17F2N/c1-2-9-5-6-16-13(7-9)11-4-3-10(14)8-12(11)15/h3-4,8-9,13,16H,2,5-7H2,1H3. The highest BCUT2D eigenvalue weighted by Gasteiger charge is 2.23. The van der Waals surface area contributed by atoms with Crippen LogP contribution in [0.5, 0.6) is 0 Å². The monoisotopic (exact) mass is 225 g/mol. The fraction of sp³-hybridized carbons (Fsp3) is 0.538. The number of halogens is 2. The minimum absolute atomic E-state index is 0.0410. The van der Waals surface area contributed by atoms with Crippen LogP contribution in [0, 0.1) is 17.6 Å². The van der Waals surface area contributed by atoms with E-state index in [4.69, 9.17) is 0 Å². The highest BCUT2D eigenvalue weighted by molar-refractivity contribution is 5.22. The smallest absolute Gasteiger partial charge is 0.130 e. The Morgan fingerprint density at radius 3 is 2.88 bits per heavy atom. The predicted molar refractivity (Wildman–Crippen MR) is 60.1 cm³/mol. The lowest BCUT2D eigenvalue weighted by molar-refractivity contribution is 0.294. The van der Waals surface area contributed by atoms with E-state index in [-0.39, 0.29) is 6.04 Å². The summed E-state index contributed by atoms with van der Waals surface area (Å²) in [4.78, 5) is 0. The van der Waals surface area contributed by atoms with Crippen LogP contribution in [0.4, 0.5) is 8.78 Å². The maximum atomic E-state index is 13.6. The Hall–Kier alpha value is -0.960. The van der Waals surface area contributed by atoms with Crippen LogP contribution >= 0.6 is 0 Å². The summed E-state index contributed by atoms with van der Waals surface area (Å²) in [5, 5.41) is 3.30. The highest BCUT2D eigenvalue weighted by atomic mass is 19.1. The van der Waals surface area contributed by atoms with Gasteiger partial charge in [-0.2, -0.15) is 0 Å². The SMILES string of the molecule is CCC1CCNC(c2ccc(F)cc2F)C1. The van der Waals surface area contributed by atoms with E-state index in [1.54, 1.807) is 6.07 Å². The van der Waals surface area contributed by atoms with Crippen molar-refractivity contribution in [3.63, 3.8) is 0 Å². The first-order chi connectivity index (χ1) is 7.70. The Balaban J connectivity index is 2.16. The number of rotatable bonds is 2. The molecule has 1 aromatic carbocycles. The molecule has 88 valence electrons. The van der Waals surface area contributed by atoms with Gasteiger partial charge in [-0.15, -0.1) is 0 Å². The second kappa shape index (κ2) is 4.91. The molecule has 1 aromatic rings. The van der Waals surface area contributed by atoms with E-state index in [0.717, 1.165) is 31.9 Å². The van der Waals surface area contributed by atoms with Crippen molar-refractivity contribution in [3.05, 3.63) is 35.4 Å². The van der Waals surface area contributed by atoms with Crippen LogP contribution in [0.2, 0.25) is 0 Å². The van der Waals surface area contributed by atoms with Crippen LogP contribution < -0.4 is 5.32 Å². The van der Waals surface area contributed by atoms with Gasteiger partial charge in [0, 0.05) is 17.7 Å². The summed E-state index contributed by atoms with van der Waals surface area (Å²) in [6, 6.07) is 3.89. The quantitative estimate of drug-likeness (QED) is 0.813. The first-order valence-corrected chi connectivity index (χ1v) is 5.89. The molecule has 2 atom stereocenters. The van der Waals surface area contributed by atoms with E-state index in [1.165, 1.54) is 6.07 Å². The molecule has 1 fully saturated rings. The van der Waals surface area contributed by atoms with Gasteiger partial charge in [-0.1, -0.05) is 19.4 Å². The molecule has 1 nitrogen and oxygen atoms in total. The summed E-state index contributed by atoms with van der Waals surface area (Å²) in [6.45, 7) is 3.08. The summed E-state index contributed by atoms with van der Waals surface area (Å²) in [7, 11) is 0. The molecule has 1 aliphatic rings. The molecular weight excluding hydrogens is 208 g/mol. The average molecular weight is 225 g/mol. The van der Waals surface area contributed by atoms with Crippen LogP contribution in [0.15, 0.2) is 18.2 Å². The van der Waals surface area contributed by atoms with E-state index < -0.39 is 11.6 Å². The third kappa shape index (κ3) is 2.40. The predicted octanol–water partition coefficient (Wildman–Crippen LogP) is 3.42. The molecule has 0 aliphatic carbocycles. The molecule has 2 unspecified atom stereocenters. The second-order valence-electron chi connectivity index (χ2n) is 4.47. The maximum Gasteiger partial charge on any atom is 0.130 e. The molecule has 0 aromatic heterocycles. The Morgan fingerprint density at radius 1 is 1.38 bits per heavy atom. The molecule has 16 heavy (non-hydrogen) atoms. The summed E-state index contributed by atoms with van der Waals surface area (Å²) in [5.74, 6) is -0.297. The van der Waals surface area contributed by atoms with Gasteiger partial charge in [0.2, 0.25) is 0 Å². The maximum absolute atomic E-state index is 13.6. The molecule has 1 aliphatic heterocycles. The molecular formula is C13H17F2N. The Kier molecular flexibility index (Phi) is 3.54. The molecule has 3 heteroatoms. The molecule has 0 bridgehead atoms. The van der Waals surface area contributed by atoms with Gasteiger partial charge in [-0.25, -0.2) is 8.78 Å². The van der Waals surface area contributed by atoms with E-state index >= 15 is 0 Å². The van der Waals surface area contributed by atoms with Gasteiger partial charge in [-0.3, -0.25) is 0 Å². The average Bonchev–Trinajstić information content (AvgIpc) is 2.29. The minimum Gasteiger partial charge on any atom is -0.310 e. The zero-order chi connectivity index (χ0) is 11.5. The lowest BCUT2D eigenvalue weighted by Gasteiger charge is -2.30. The number of hydrogen-bond donors (Lipinski definition) is 1. The van der Waals surface area contributed by atoms with Crippen molar-refractivity contribution < 1.29 is 8.78 Å². The lowest BCUT2D eigenvalue weighted by Crippen LogP contribution is -2.32. The van der Waals surface area contributed by atoms with Gasteiger partial charge in [-0.05, 0) is 31.4 Å². The number of piperidine rings is 1. The number of nitrogens with one attached hydrogen (secondary N) is 1. The van der Waals surface area contributed by atoms with E-state index in [1.807, 2.05) is 0 Å². The third-order valence-corrected chi connectivity index (χ3v) is 3.43. The van der Waals surface area contributed by atoms with Gasteiger partial charge in [0.1, 0.15) is 11.6 Å². The zero-order valence-corrected chi connectivity index (χ0v) is 9.47. The van der Waals surface area contributed by atoms with Crippen molar-refractivity contribution in [1.82, 2.24) is 5.32 Å². The van der Waals surface area contributed by atoms with Crippen molar-refractivity contribution in [1.29, 1.82) is 0 Å². The van der Waals surface area contributed by atoms with Crippen molar-refractivity contribution in [3.8, 4) is 0 Å². The fourth-order valence-electron chi connectivity index (χ4n) is 2.39. The van der Waals surface area contributed by atoms with Crippen molar-refractivity contribution in [2.45, 2.75) is 32.2 Å². The topological polar surface area (TPSA) is 12.0 Å². The molecule has 2 rings (SSSR count). The fourth-order valence-corrected chi connectivity index (χ4v) is 2.39. The van der Waals surface area contributed by atoms with Gasteiger partial charge in [0.25, 0.3) is 0 Å². The largest absolute Gasteiger partial charge is 0.310 e. The van der Waals surface area contributed by atoms with Gasteiger partial charge >= 0.3 is 0 Å². The van der Waals surface area contributed by atoms with Gasteiger partial charge in [0.05, 0.1) is 0 Å². The molecule has 1 N–H and O–H groups in total. The number of benzene rings is 1. The zero-order valence-electron chi connectivity index (χ0n) is 9.47. The summed E-state index contributed by atoms with van der Waals surface area (Å²) in [5.41, 5.74) is 0.597. The van der Waals surface area contributed by atoms with Gasteiger partial charge in [0.15, 0.2) is 0 Å². The van der Waals surface area contributed by atoms with E-state index in [9.17, 15) is 8.78 Å². The van der Waals surface area contributed by atoms with Crippen LogP contribution in [0.1, 0.15) is 37.8 Å².